The second-order valence-electron chi connectivity index (χ2n) is 4.87. The van der Waals surface area contributed by atoms with Gasteiger partial charge in [-0.1, -0.05) is 18.2 Å². The lowest BCUT2D eigenvalue weighted by atomic mass is 10.1. The Morgan fingerprint density at radius 2 is 2.09 bits per heavy atom. The summed E-state index contributed by atoms with van der Waals surface area (Å²) >= 11 is 1.47. The molecule has 1 heterocycles. The standard InChI is InChI=1S/C16H13FN2O2S/c17-11-3-1-2-4-12(11)18-15(20)8-10-5-6-14-13(7-10)19-16(21)9-22-14/h1-7H,8-9H2,(H,18,20)(H,19,21). The van der Waals surface area contributed by atoms with Crippen LogP contribution in [-0.2, 0) is 16.0 Å². The fourth-order valence-electron chi connectivity index (χ4n) is 2.18. The summed E-state index contributed by atoms with van der Waals surface area (Å²) in [6.45, 7) is 0. The molecule has 6 heteroatoms. The lowest BCUT2D eigenvalue weighted by Gasteiger charge is -2.17. The zero-order chi connectivity index (χ0) is 15.5. The van der Waals surface area contributed by atoms with Gasteiger partial charge in [-0.05, 0) is 29.8 Å². The van der Waals surface area contributed by atoms with Crippen LogP contribution in [0.3, 0.4) is 0 Å². The molecule has 112 valence electrons. The number of benzene rings is 2. The van der Waals surface area contributed by atoms with Gasteiger partial charge in [-0.25, -0.2) is 4.39 Å². The van der Waals surface area contributed by atoms with Crippen molar-refractivity contribution in [1.82, 2.24) is 0 Å². The average molecular weight is 316 g/mol. The smallest absolute Gasteiger partial charge is 0.234 e. The number of amides is 2. The van der Waals surface area contributed by atoms with Crippen LogP contribution in [0.25, 0.3) is 0 Å². The number of anilines is 2. The van der Waals surface area contributed by atoms with Crippen molar-refractivity contribution in [2.45, 2.75) is 11.3 Å². The lowest BCUT2D eigenvalue weighted by Crippen LogP contribution is -2.19. The summed E-state index contributed by atoms with van der Waals surface area (Å²) in [5.74, 6) is -0.421. The first-order chi connectivity index (χ1) is 10.6. The molecule has 0 spiro atoms. The van der Waals surface area contributed by atoms with Gasteiger partial charge in [0.1, 0.15) is 5.82 Å². The van der Waals surface area contributed by atoms with Crippen LogP contribution in [0.2, 0.25) is 0 Å². The van der Waals surface area contributed by atoms with E-state index in [9.17, 15) is 14.0 Å². The molecule has 0 saturated heterocycles. The van der Waals surface area contributed by atoms with Crippen LogP contribution >= 0.6 is 11.8 Å². The number of thioether (sulfide) groups is 1. The number of fused-ring (bicyclic) bond motifs is 1. The molecule has 2 amide bonds. The van der Waals surface area contributed by atoms with Crippen molar-refractivity contribution in [3.05, 3.63) is 53.8 Å². The second-order valence-corrected chi connectivity index (χ2v) is 5.89. The van der Waals surface area contributed by atoms with E-state index in [1.54, 1.807) is 18.2 Å². The zero-order valence-corrected chi connectivity index (χ0v) is 12.4. The number of hydrogen-bond acceptors (Lipinski definition) is 3. The Morgan fingerprint density at radius 3 is 2.91 bits per heavy atom. The van der Waals surface area contributed by atoms with Crippen LogP contribution < -0.4 is 10.6 Å². The van der Waals surface area contributed by atoms with E-state index in [4.69, 9.17) is 0 Å². The van der Waals surface area contributed by atoms with Gasteiger partial charge in [0.25, 0.3) is 0 Å². The summed E-state index contributed by atoms with van der Waals surface area (Å²) < 4.78 is 13.5. The van der Waals surface area contributed by atoms with Crippen molar-refractivity contribution in [3.8, 4) is 0 Å². The van der Waals surface area contributed by atoms with E-state index in [0.717, 1.165) is 16.1 Å². The maximum absolute atomic E-state index is 13.5. The first-order valence-electron chi connectivity index (χ1n) is 6.72. The first kappa shape index (κ1) is 14.6. The lowest BCUT2D eigenvalue weighted by molar-refractivity contribution is -0.115. The minimum atomic E-state index is -0.468. The molecule has 4 nitrogen and oxygen atoms in total. The van der Waals surface area contributed by atoms with Gasteiger partial charge in [0.15, 0.2) is 0 Å². The maximum atomic E-state index is 13.5. The second kappa shape index (κ2) is 6.19. The molecule has 2 aromatic carbocycles. The molecule has 1 aliphatic rings. The molecular formula is C16H13FN2O2S. The molecular weight excluding hydrogens is 303 g/mol. The highest BCUT2D eigenvalue weighted by Gasteiger charge is 2.16. The van der Waals surface area contributed by atoms with Crippen molar-refractivity contribution < 1.29 is 14.0 Å². The Kier molecular flexibility index (Phi) is 4.11. The van der Waals surface area contributed by atoms with Gasteiger partial charge in [0, 0.05) is 4.90 Å². The summed E-state index contributed by atoms with van der Waals surface area (Å²) in [5, 5.41) is 5.32. The van der Waals surface area contributed by atoms with Crippen molar-refractivity contribution in [2.24, 2.45) is 0 Å². The van der Waals surface area contributed by atoms with Gasteiger partial charge in [0.2, 0.25) is 11.8 Å². The van der Waals surface area contributed by atoms with E-state index in [0.29, 0.717) is 5.75 Å². The Hall–Kier alpha value is -2.34. The number of nitrogens with one attached hydrogen (secondary N) is 2. The molecule has 0 fully saturated rings. The van der Waals surface area contributed by atoms with Crippen LogP contribution in [0.1, 0.15) is 5.56 Å². The SMILES string of the molecule is O=C(Cc1ccc2c(c1)NC(=O)CS2)Nc1ccccc1F. The number of rotatable bonds is 3. The Labute approximate surface area is 131 Å². The van der Waals surface area contributed by atoms with Gasteiger partial charge in [-0.15, -0.1) is 11.8 Å². The van der Waals surface area contributed by atoms with Crippen LogP contribution in [0.15, 0.2) is 47.4 Å². The molecule has 0 aromatic heterocycles. The summed E-state index contributed by atoms with van der Waals surface area (Å²) in [6, 6.07) is 11.5. The van der Waals surface area contributed by atoms with Gasteiger partial charge in [0.05, 0.1) is 23.5 Å². The largest absolute Gasteiger partial charge is 0.324 e. The molecule has 0 saturated carbocycles. The van der Waals surface area contributed by atoms with E-state index in [-0.39, 0.29) is 23.9 Å². The summed E-state index contributed by atoms with van der Waals surface area (Å²) in [6.07, 6.45) is 0.113. The van der Waals surface area contributed by atoms with Crippen LogP contribution in [0, 0.1) is 5.82 Å². The third-order valence-corrected chi connectivity index (χ3v) is 4.26. The first-order valence-corrected chi connectivity index (χ1v) is 7.70. The summed E-state index contributed by atoms with van der Waals surface area (Å²) in [5.41, 5.74) is 1.64. The zero-order valence-electron chi connectivity index (χ0n) is 11.6. The molecule has 0 bridgehead atoms. The van der Waals surface area contributed by atoms with E-state index in [2.05, 4.69) is 10.6 Å². The van der Waals surface area contributed by atoms with Gasteiger partial charge >= 0.3 is 0 Å². The van der Waals surface area contributed by atoms with E-state index < -0.39 is 5.82 Å². The van der Waals surface area contributed by atoms with Crippen molar-refractivity contribution in [2.75, 3.05) is 16.4 Å². The van der Waals surface area contributed by atoms with E-state index in [1.165, 1.54) is 23.9 Å². The molecule has 3 rings (SSSR count). The molecule has 0 radical (unpaired) electrons. The van der Waals surface area contributed by atoms with Crippen molar-refractivity contribution in [1.29, 1.82) is 0 Å². The van der Waals surface area contributed by atoms with Crippen molar-refractivity contribution in [3.63, 3.8) is 0 Å². The van der Waals surface area contributed by atoms with Crippen LogP contribution in [0.4, 0.5) is 15.8 Å². The fourth-order valence-corrected chi connectivity index (χ4v) is 2.97. The normalized spacial score (nSPS) is 13.2. The number of para-hydroxylation sites is 1. The number of carbonyl (C=O) groups is 2. The Bertz CT molecular complexity index is 749. The molecule has 0 unspecified atom stereocenters. The summed E-state index contributed by atoms with van der Waals surface area (Å²) in [7, 11) is 0. The minimum Gasteiger partial charge on any atom is -0.324 e. The van der Waals surface area contributed by atoms with E-state index in [1.807, 2.05) is 12.1 Å². The van der Waals surface area contributed by atoms with Crippen LogP contribution in [-0.4, -0.2) is 17.6 Å². The monoisotopic (exact) mass is 316 g/mol. The number of carbonyl (C=O) groups excluding carboxylic acids is 2. The van der Waals surface area contributed by atoms with E-state index >= 15 is 0 Å². The summed E-state index contributed by atoms with van der Waals surface area (Å²) in [4.78, 5) is 24.4. The molecule has 2 N–H and O–H groups in total. The Morgan fingerprint density at radius 1 is 1.27 bits per heavy atom. The molecule has 0 atom stereocenters. The average Bonchev–Trinajstić information content (AvgIpc) is 2.49. The maximum Gasteiger partial charge on any atom is 0.234 e. The highest BCUT2D eigenvalue weighted by Crippen LogP contribution is 2.32. The molecule has 1 aliphatic heterocycles. The van der Waals surface area contributed by atoms with Gasteiger partial charge in [-0.3, -0.25) is 9.59 Å². The third-order valence-electron chi connectivity index (χ3n) is 3.19. The predicted octanol–water partition coefficient (Wildman–Crippen LogP) is 3.05. The third kappa shape index (κ3) is 3.28. The van der Waals surface area contributed by atoms with Gasteiger partial charge in [-0.2, -0.15) is 0 Å². The Balaban J connectivity index is 1.71. The quantitative estimate of drug-likeness (QED) is 0.915. The predicted molar refractivity (Wildman–Crippen MR) is 84.5 cm³/mol. The number of hydrogen-bond donors (Lipinski definition) is 2. The molecule has 22 heavy (non-hydrogen) atoms. The van der Waals surface area contributed by atoms with Crippen LogP contribution in [0.5, 0.6) is 0 Å². The molecule has 0 aliphatic carbocycles. The highest BCUT2D eigenvalue weighted by atomic mass is 32.2. The van der Waals surface area contributed by atoms with Gasteiger partial charge < -0.3 is 10.6 Å². The minimum absolute atomic E-state index is 0.0505. The van der Waals surface area contributed by atoms with Crippen molar-refractivity contribution >= 4 is 35.0 Å². The topological polar surface area (TPSA) is 58.2 Å². The number of halogens is 1. The fraction of sp³-hybridized carbons (Fsp3) is 0.125. The molecule has 2 aromatic rings. The highest BCUT2D eigenvalue weighted by molar-refractivity contribution is 8.00.